The Morgan fingerprint density at radius 3 is 2.67 bits per heavy atom. The lowest BCUT2D eigenvalue weighted by Gasteiger charge is -2.19. The van der Waals surface area contributed by atoms with Crippen LogP contribution in [0.5, 0.6) is 0 Å². The van der Waals surface area contributed by atoms with E-state index in [1.807, 2.05) is 13.0 Å². The van der Waals surface area contributed by atoms with Gasteiger partial charge < -0.3 is 5.32 Å². The van der Waals surface area contributed by atoms with Gasteiger partial charge in [0.05, 0.1) is 18.4 Å². The standard InChI is InChI=1S/C15H14F2N4/c1-2-3-14(12-5-4-10(16)6-13(12)17)21-15-9-19-11(7-18)8-20-15/h4-6,8-9,14H,2-3H2,1H3,(H,20,21). The first-order chi connectivity index (χ1) is 10.1. The third-order valence-corrected chi connectivity index (χ3v) is 3.00. The molecule has 1 aromatic carbocycles. The van der Waals surface area contributed by atoms with E-state index in [2.05, 4.69) is 15.3 Å². The lowest BCUT2D eigenvalue weighted by molar-refractivity contribution is 0.551. The van der Waals surface area contributed by atoms with Crippen LogP contribution in [0.2, 0.25) is 0 Å². The fourth-order valence-corrected chi connectivity index (χ4v) is 2.02. The predicted octanol–water partition coefficient (Wildman–Crippen LogP) is 3.58. The van der Waals surface area contributed by atoms with Crippen molar-refractivity contribution < 1.29 is 8.78 Å². The van der Waals surface area contributed by atoms with Gasteiger partial charge in [-0.1, -0.05) is 19.4 Å². The number of benzene rings is 1. The summed E-state index contributed by atoms with van der Waals surface area (Å²) in [7, 11) is 0. The van der Waals surface area contributed by atoms with E-state index in [9.17, 15) is 8.78 Å². The molecule has 1 N–H and O–H groups in total. The minimum Gasteiger partial charge on any atom is -0.362 e. The first kappa shape index (κ1) is 14.9. The van der Waals surface area contributed by atoms with Crippen LogP contribution in [0.25, 0.3) is 0 Å². The number of nitrogens with one attached hydrogen (secondary N) is 1. The number of nitrogens with zero attached hydrogens (tertiary/aromatic N) is 3. The first-order valence-corrected chi connectivity index (χ1v) is 6.57. The van der Waals surface area contributed by atoms with E-state index in [4.69, 9.17) is 5.26 Å². The van der Waals surface area contributed by atoms with Gasteiger partial charge in [0.2, 0.25) is 0 Å². The highest BCUT2D eigenvalue weighted by Crippen LogP contribution is 2.25. The molecule has 0 radical (unpaired) electrons. The van der Waals surface area contributed by atoms with Gasteiger partial charge in [0.1, 0.15) is 23.5 Å². The molecule has 1 heterocycles. The monoisotopic (exact) mass is 288 g/mol. The summed E-state index contributed by atoms with van der Waals surface area (Å²) >= 11 is 0. The largest absolute Gasteiger partial charge is 0.362 e. The Morgan fingerprint density at radius 2 is 2.10 bits per heavy atom. The Bertz CT molecular complexity index is 650. The Hall–Kier alpha value is -2.55. The van der Waals surface area contributed by atoms with Gasteiger partial charge in [-0.3, -0.25) is 0 Å². The number of aromatic nitrogens is 2. The quantitative estimate of drug-likeness (QED) is 0.913. The maximum absolute atomic E-state index is 13.9. The topological polar surface area (TPSA) is 61.6 Å². The minimum atomic E-state index is -0.607. The summed E-state index contributed by atoms with van der Waals surface area (Å²) in [6, 6.07) is 5.06. The molecule has 2 rings (SSSR count). The SMILES string of the molecule is CCCC(Nc1cnc(C#N)cn1)c1ccc(F)cc1F. The molecular weight excluding hydrogens is 274 g/mol. The molecule has 108 valence electrons. The summed E-state index contributed by atoms with van der Waals surface area (Å²) in [5, 5.41) is 11.7. The Kier molecular flexibility index (Phi) is 4.77. The maximum atomic E-state index is 13.9. The molecule has 0 aliphatic rings. The summed E-state index contributed by atoms with van der Waals surface area (Å²) in [4.78, 5) is 7.95. The highest BCUT2D eigenvalue weighted by Gasteiger charge is 2.16. The molecule has 2 aromatic rings. The van der Waals surface area contributed by atoms with Crippen molar-refractivity contribution in [1.29, 1.82) is 5.26 Å². The lowest BCUT2D eigenvalue weighted by atomic mass is 10.0. The molecule has 1 atom stereocenters. The van der Waals surface area contributed by atoms with E-state index in [1.165, 1.54) is 24.5 Å². The fourth-order valence-electron chi connectivity index (χ4n) is 2.02. The molecule has 6 heteroatoms. The highest BCUT2D eigenvalue weighted by atomic mass is 19.1. The fraction of sp³-hybridized carbons (Fsp3) is 0.267. The van der Waals surface area contributed by atoms with Gasteiger partial charge in [-0.2, -0.15) is 5.26 Å². The zero-order valence-electron chi connectivity index (χ0n) is 11.5. The van der Waals surface area contributed by atoms with Crippen LogP contribution in [-0.2, 0) is 0 Å². The number of rotatable bonds is 5. The summed E-state index contributed by atoms with van der Waals surface area (Å²) in [5.74, 6) is -0.761. The van der Waals surface area contributed by atoms with Crippen molar-refractivity contribution in [3.05, 3.63) is 53.5 Å². The second-order valence-electron chi connectivity index (χ2n) is 4.55. The second kappa shape index (κ2) is 6.75. The number of halogens is 2. The van der Waals surface area contributed by atoms with Crippen molar-refractivity contribution in [1.82, 2.24) is 9.97 Å². The van der Waals surface area contributed by atoms with Gasteiger partial charge in [-0.25, -0.2) is 18.7 Å². The molecule has 4 nitrogen and oxygen atoms in total. The van der Waals surface area contributed by atoms with Crippen LogP contribution >= 0.6 is 0 Å². The molecule has 0 aliphatic carbocycles. The molecule has 0 spiro atoms. The zero-order chi connectivity index (χ0) is 15.2. The molecule has 0 bridgehead atoms. The van der Waals surface area contributed by atoms with Crippen LogP contribution in [0.4, 0.5) is 14.6 Å². The average molecular weight is 288 g/mol. The third-order valence-electron chi connectivity index (χ3n) is 3.00. The molecule has 0 saturated heterocycles. The first-order valence-electron chi connectivity index (χ1n) is 6.57. The van der Waals surface area contributed by atoms with E-state index in [0.29, 0.717) is 17.8 Å². The van der Waals surface area contributed by atoms with Crippen LogP contribution in [0, 0.1) is 23.0 Å². The van der Waals surface area contributed by atoms with Crippen LogP contribution in [0.1, 0.15) is 37.1 Å². The number of hydrogen-bond donors (Lipinski definition) is 1. The predicted molar refractivity (Wildman–Crippen MR) is 74.4 cm³/mol. The smallest absolute Gasteiger partial charge is 0.158 e. The zero-order valence-corrected chi connectivity index (χ0v) is 11.5. The van der Waals surface area contributed by atoms with Crippen molar-refractivity contribution in [3.8, 4) is 6.07 Å². The molecule has 0 aliphatic heterocycles. The molecule has 0 fully saturated rings. The second-order valence-corrected chi connectivity index (χ2v) is 4.55. The highest BCUT2D eigenvalue weighted by molar-refractivity contribution is 5.38. The van der Waals surface area contributed by atoms with Gasteiger partial charge in [0.15, 0.2) is 5.69 Å². The third kappa shape index (κ3) is 3.72. The molecule has 0 saturated carbocycles. The van der Waals surface area contributed by atoms with Crippen molar-refractivity contribution in [2.24, 2.45) is 0 Å². The number of hydrogen-bond acceptors (Lipinski definition) is 4. The van der Waals surface area contributed by atoms with Crippen LogP contribution in [-0.4, -0.2) is 9.97 Å². The Balaban J connectivity index is 2.24. The average Bonchev–Trinajstić information content (AvgIpc) is 2.48. The Labute approximate surface area is 121 Å². The van der Waals surface area contributed by atoms with Gasteiger partial charge >= 0.3 is 0 Å². The molecular formula is C15H14F2N4. The van der Waals surface area contributed by atoms with Crippen molar-refractivity contribution in [3.63, 3.8) is 0 Å². The van der Waals surface area contributed by atoms with Gasteiger partial charge in [-0.15, -0.1) is 0 Å². The summed E-state index contributed by atoms with van der Waals surface area (Å²) in [6.07, 6.45) is 4.23. The van der Waals surface area contributed by atoms with E-state index in [1.54, 1.807) is 0 Å². The van der Waals surface area contributed by atoms with E-state index in [-0.39, 0.29) is 11.7 Å². The van der Waals surface area contributed by atoms with Crippen LogP contribution in [0.3, 0.4) is 0 Å². The molecule has 0 amide bonds. The van der Waals surface area contributed by atoms with Crippen molar-refractivity contribution in [2.45, 2.75) is 25.8 Å². The molecule has 21 heavy (non-hydrogen) atoms. The van der Waals surface area contributed by atoms with Crippen LogP contribution < -0.4 is 5.32 Å². The van der Waals surface area contributed by atoms with Gasteiger partial charge in [0, 0.05) is 11.6 Å². The summed E-state index contributed by atoms with van der Waals surface area (Å²) < 4.78 is 26.9. The normalized spacial score (nSPS) is 11.7. The van der Waals surface area contributed by atoms with Gasteiger partial charge in [0.25, 0.3) is 0 Å². The summed E-state index contributed by atoms with van der Waals surface area (Å²) in [5.41, 5.74) is 0.588. The minimum absolute atomic E-state index is 0.209. The van der Waals surface area contributed by atoms with Gasteiger partial charge in [-0.05, 0) is 12.5 Å². The number of nitriles is 1. The van der Waals surface area contributed by atoms with Crippen LogP contribution in [0.15, 0.2) is 30.6 Å². The van der Waals surface area contributed by atoms with Crippen molar-refractivity contribution in [2.75, 3.05) is 5.32 Å². The molecule has 1 aromatic heterocycles. The maximum Gasteiger partial charge on any atom is 0.158 e. The summed E-state index contributed by atoms with van der Waals surface area (Å²) in [6.45, 7) is 1.97. The Morgan fingerprint density at radius 1 is 1.29 bits per heavy atom. The van der Waals surface area contributed by atoms with E-state index >= 15 is 0 Å². The van der Waals surface area contributed by atoms with E-state index in [0.717, 1.165) is 12.5 Å². The number of anilines is 1. The van der Waals surface area contributed by atoms with E-state index < -0.39 is 11.6 Å². The molecule has 1 unspecified atom stereocenters. The van der Waals surface area contributed by atoms with Crippen molar-refractivity contribution >= 4 is 5.82 Å². The lowest BCUT2D eigenvalue weighted by Crippen LogP contribution is -2.13.